The summed E-state index contributed by atoms with van der Waals surface area (Å²) in [6, 6.07) is -8.82. The number of aliphatic carboxylic acids is 1. The second kappa shape index (κ2) is 27.4. The zero-order valence-electron chi connectivity index (χ0n) is 38.0. The zero-order chi connectivity index (χ0) is 49.1. The maximum absolute atomic E-state index is 14.1. The van der Waals surface area contributed by atoms with Crippen LogP contribution in [0.15, 0.2) is 4.99 Å². The average molecular weight is 954 g/mol. The van der Waals surface area contributed by atoms with E-state index < -0.39 is 115 Å². The van der Waals surface area contributed by atoms with Gasteiger partial charge in [-0.25, -0.2) is 4.79 Å². The fourth-order valence-electron chi connectivity index (χ4n) is 8.31. The number of carboxylic acid groups (broad SMARTS) is 1. The van der Waals surface area contributed by atoms with Gasteiger partial charge in [0.2, 0.25) is 47.3 Å². The lowest BCUT2D eigenvalue weighted by Crippen LogP contribution is -2.59. The van der Waals surface area contributed by atoms with Crippen LogP contribution in [0.3, 0.4) is 0 Å². The highest BCUT2D eigenvalue weighted by molar-refractivity contribution is 7.80. The van der Waals surface area contributed by atoms with E-state index in [-0.39, 0.29) is 69.5 Å². The highest BCUT2D eigenvalue weighted by atomic mass is 32.1. The summed E-state index contributed by atoms with van der Waals surface area (Å²) in [5, 5.41) is 32.2. The minimum absolute atomic E-state index is 0.0350. The summed E-state index contributed by atoms with van der Waals surface area (Å²) in [6.45, 7) is 3.38. The third-order valence-electron chi connectivity index (χ3n) is 11.7. The van der Waals surface area contributed by atoms with Gasteiger partial charge >= 0.3 is 5.97 Å². The number of nitrogens with zero attached hydrogens (tertiary/aromatic N) is 4. The normalized spacial score (nSPS) is 20.4. The van der Waals surface area contributed by atoms with Crippen LogP contribution in [0.5, 0.6) is 0 Å². The zero-order valence-corrected chi connectivity index (χ0v) is 38.8. The van der Waals surface area contributed by atoms with Crippen molar-refractivity contribution in [3.8, 4) is 0 Å². The van der Waals surface area contributed by atoms with Gasteiger partial charge in [-0.05, 0) is 83.1 Å². The molecule has 3 saturated heterocycles. The number of carboxylic acids is 1. The Labute approximate surface area is 390 Å². The van der Waals surface area contributed by atoms with Crippen molar-refractivity contribution >= 4 is 71.8 Å². The number of hydrogen-bond acceptors (Lipinski definition) is 14. The molecule has 3 rings (SSSR count). The molecule has 0 unspecified atom stereocenters. The molecular formula is C41H71N13O11S. The summed E-state index contributed by atoms with van der Waals surface area (Å²) in [5.74, 6) is -6.86. The maximum atomic E-state index is 14.1. The molecule has 24 nitrogen and oxygen atoms in total. The Morgan fingerprint density at radius 1 is 0.712 bits per heavy atom. The minimum Gasteiger partial charge on any atom is -0.480 e. The van der Waals surface area contributed by atoms with E-state index in [0.29, 0.717) is 57.9 Å². The Morgan fingerprint density at radius 3 is 1.86 bits per heavy atom. The second-order valence-corrected chi connectivity index (χ2v) is 17.6. The minimum atomic E-state index is -1.51. The van der Waals surface area contributed by atoms with Crippen molar-refractivity contribution < 1.29 is 53.4 Å². The molecule has 0 aromatic heterocycles. The van der Waals surface area contributed by atoms with Gasteiger partial charge in [0.15, 0.2) is 5.96 Å². The number of nitrogens with one attached hydrogen (secondary N) is 5. The maximum Gasteiger partial charge on any atom is 0.326 e. The summed E-state index contributed by atoms with van der Waals surface area (Å²) in [7, 11) is 0. The van der Waals surface area contributed by atoms with Gasteiger partial charge in [0.1, 0.15) is 42.3 Å². The lowest BCUT2D eigenvalue weighted by Gasteiger charge is -2.33. The summed E-state index contributed by atoms with van der Waals surface area (Å²) in [6.07, 6.45) is 4.57. The van der Waals surface area contributed by atoms with E-state index in [1.165, 1.54) is 14.7 Å². The second-order valence-electron chi connectivity index (χ2n) is 17.3. The molecule has 0 spiro atoms. The van der Waals surface area contributed by atoms with Gasteiger partial charge in [-0.2, -0.15) is 12.6 Å². The number of nitrogens with two attached hydrogens (primary N) is 4. The molecule has 0 radical (unpaired) electrons. The number of unbranched alkanes of at least 4 members (excludes halogenated alkanes) is 1. The van der Waals surface area contributed by atoms with Gasteiger partial charge in [0.25, 0.3) is 0 Å². The number of carbonyl (C=O) groups is 9. The van der Waals surface area contributed by atoms with Crippen LogP contribution in [0, 0.1) is 5.92 Å². The van der Waals surface area contributed by atoms with Gasteiger partial charge in [-0.1, -0.05) is 20.3 Å². The van der Waals surface area contributed by atoms with Crippen LogP contribution >= 0.6 is 12.6 Å². The number of thiol groups is 1. The van der Waals surface area contributed by atoms with Gasteiger partial charge in [-0.15, -0.1) is 0 Å². The first-order valence-electron chi connectivity index (χ1n) is 22.7. The Bertz CT molecular complexity index is 1750. The van der Waals surface area contributed by atoms with Crippen LogP contribution in [0.4, 0.5) is 0 Å². The standard InChI is InChI=1S/C41H71N13O11S/c1-23(2)19-26(40(64)65)50-36(60)30-12-7-16-52(30)38(62)27(21-55)51-34(58)28(22-66)48-32(56)20-47-35(59)29-11-6-17-53(29)39(63)31-13-8-18-54(31)37(61)25(10-5-15-46-41(44)45)49-33(57)24(43)9-3-4-14-42/h23-31,55,66H,3-22,42-43H2,1-2H3,(H,47,59)(H,48,56)(H,49,57)(H,50,60)(H,51,58)(H,64,65)(H4,44,45,46)/t24-,25-,26-,27-,28-,29-,30-,31-/m0/s1. The molecule has 3 heterocycles. The van der Waals surface area contributed by atoms with Crippen molar-refractivity contribution in [2.24, 2.45) is 33.8 Å². The molecule has 0 aromatic carbocycles. The van der Waals surface area contributed by atoms with E-state index in [0.717, 1.165) is 0 Å². The topological polar surface area (TPSA) is 380 Å². The van der Waals surface area contributed by atoms with Gasteiger partial charge in [-0.3, -0.25) is 43.3 Å². The van der Waals surface area contributed by atoms with E-state index in [2.05, 4.69) is 44.2 Å². The molecular weight excluding hydrogens is 883 g/mol. The fourth-order valence-corrected chi connectivity index (χ4v) is 8.56. The molecule has 0 saturated carbocycles. The Kier molecular flexibility index (Phi) is 22.8. The van der Waals surface area contributed by atoms with E-state index in [1.54, 1.807) is 13.8 Å². The molecule has 372 valence electrons. The number of guanidine groups is 1. The van der Waals surface area contributed by atoms with Crippen LogP contribution in [0.2, 0.25) is 0 Å². The highest BCUT2D eigenvalue weighted by Crippen LogP contribution is 2.26. The van der Waals surface area contributed by atoms with Crippen molar-refractivity contribution in [3.05, 3.63) is 0 Å². The van der Waals surface area contributed by atoms with Crippen LogP contribution in [-0.2, 0) is 43.2 Å². The molecule has 8 atom stereocenters. The highest BCUT2D eigenvalue weighted by Gasteiger charge is 2.44. The van der Waals surface area contributed by atoms with Gasteiger partial charge in [0.05, 0.1) is 19.2 Å². The largest absolute Gasteiger partial charge is 0.480 e. The van der Waals surface area contributed by atoms with E-state index >= 15 is 0 Å². The lowest BCUT2D eigenvalue weighted by atomic mass is 10.0. The summed E-state index contributed by atoms with van der Waals surface area (Å²) in [4.78, 5) is 127. The molecule has 0 aliphatic carbocycles. The van der Waals surface area contributed by atoms with E-state index in [9.17, 15) is 53.4 Å². The predicted molar refractivity (Wildman–Crippen MR) is 244 cm³/mol. The van der Waals surface area contributed by atoms with Crippen molar-refractivity contribution in [2.75, 3.05) is 51.6 Å². The van der Waals surface area contributed by atoms with Crippen LogP contribution in [0.25, 0.3) is 0 Å². The molecule has 3 fully saturated rings. The number of aliphatic hydroxyl groups is 1. The van der Waals surface area contributed by atoms with E-state index in [1.807, 2.05) is 0 Å². The summed E-state index contributed by atoms with van der Waals surface area (Å²) >= 11 is 4.16. The fraction of sp³-hybridized carbons (Fsp3) is 0.756. The molecule has 0 aromatic rings. The first-order valence-corrected chi connectivity index (χ1v) is 23.3. The predicted octanol–water partition coefficient (Wildman–Crippen LogP) is -4.42. The van der Waals surface area contributed by atoms with Crippen molar-refractivity contribution in [2.45, 2.75) is 139 Å². The van der Waals surface area contributed by atoms with Gasteiger partial charge in [0, 0.05) is 31.9 Å². The quantitative estimate of drug-likeness (QED) is 0.0169. The number of aliphatic imine (C=N–C) groups is 1. The summed E-state index contributed by atoms with van der Waals surface area (Å²) < 4.78 is 0. The third kappa shape index (κ3) is 16.3. The molecule has 15 N–H and O–H groups in total. The average Bonchev–Trinajstić information content (AvgIpc) is 4.08. The number of hydrogen-bond donors (Lipinski definition) is 12. The molecule has 25 heteroatoms. The van der Waals surface area contributed by atoms with Crippen LogP contribution in [-0.4, -0.2) is 184 Å². The van der Waals surface area contributed by atoms with Gasteiger partial charge < -0.3 is 74.4 Å². The van der Waals surface area contributed by atoms with Crippen molar-refractivity contribution in [1.82, 2.24) is 41.3 Å². The number of rotatable bonds is 26. The Hall–Kier alpha value is -5.27. The molecule has 0 bridgehead atoms. The van der Waals surface area contributed by atoms with Crippen molar-refractivity contribution in [1.29, 1.82) is 0 Å². The number of carbonyl (C=O) groups excluding carboxylic acids is 8. The van der Waals surface area contributed by atoms with Crippen LogP contribution < -0.4 is 49.5 Å². The third-order valence-corrected chi connectivity index (χ3v) is 12.1. The first-order chi connectivity index (χ1) is 31.3. The SMILES string of the molecule is CC(C)C[C@H](NC(=O)[C@@H]1CCCN1C(=O)[C@H](CO)NC(=O)[C@H](CS)NC(=O)CNC(=O)[C@@H]1CCCN1C(=O)[C@@H]1CCCN1C(=O)[C@H](CCCN=C(N)N)NC(=O)[C@@H](N)CCCCN)C(=O)O. The summed E-state index contributed by atoms with van der Waals surface area (Å²) in [5.41, 5.74) is 22.6. The smallest absolute Gasteiger partial charge is 0.326 e. The van der Waals surface area contributed by atoms with Crippen molar-refractivity contribution in [3.63, 3.8) is 0 Å². The monoisotopic (exact) mass is 954 g/mol. The lowest BCUT2D eigenvalue weighted by molar-refractivity contribution is -0.148. The number of amides is 8. The number of likely N-dealkylation sites (tertiary alicyclic amines) is 3. The number of aliphatic hydroxyl groups excluding tert-OH is 1. The molecule has 3 aliphatic heterocycles. The molecule has 66 heavy (non-hydrogen) atoms. The van der Waals surface area contributed by atoms with E-state index in [4.69, 9.17) is 22.9 Å². The first kappa shape index (κ1) is 55.1. The Morgan fingerprint density at radius 2 is 1.29 bits per heavy atom. The molecule has 3 aliphatic rings. The van der Waals surface area contributed by atoms with Crippen LogP contribution in [0.1, 0.15) is 90.9 Å². The molecule has 8 amide bonds. The Balaban J connectivity index is 1.59.